The van der Waals surface area contributed by atoms with E-state index in [1.54, 1.807) is 0 Å². The van der Waals surface area contributed by atoms with Crippen molar-refractivity contribution in [3.8, 4) is 0 Å². The first-order valence-electron chi connectivity index (χ1n) is 3.86. The predicted molar refractivity (Wildman–Crippen MR) is 46.6 cm³/mol. The molecule has 0 aromatic carbocycles. The zero-order valence-corrected chi connectivity index (χ0v) is 7.37. The van der Waals surface area contributed by atoms with Gasteiger partial charge in [-0.1, -0.05) is 0 Å². The average Bonchev–Trinajstić information content (AvgIpc) is 2.16. The Labute approximate surface area is 81.9 Å². The summed E-state index contributed by atoms with van der Waals surface area (Å²) in [6.45, 7) is -0.466. The van der Waals surface area contributed by atoms with Crippen molar-refractivity contribution in [3.63, 3.8) is 0 Å². The van der Waals surface area contributed by atoms with Crippen LogP contribution >= 0.6 is 0 Å². The highest BCUT2D eigenvalue weighted by Crippen LogP contribution is 2.28. The van der Waals surface area contributed by atoms with Crippen molar-refractivity contribution < 1.29 is 13.7 Å². The minimum Gasteiger partial charge on any atom is -0.328 e. The number of pyridine rings is 1. The highest BCUT2D eigenvalue weighted by molar-refractivity contribution is 5.46. The summed E-state index contributed by atoms with van der Waals surface area (Å²) in [6, 6.07) is 0. The van der Waals surface area contributed by atoms with Crippen LogP contribution in [0.3, 0.4) is 0 Å². The van der Waals surface area contributed by atoms with E-state index in [-0.39, 0.29) is 0 Å². The largest absolute Gasteiger partial charge is 0.328 e. The number of aromatic amines is 1. The van der Waals surface area contributed by atoms with Gasteiger partial charge < -0.3 is 10.7 Å². The molecule has 6 nitrogen and oxygen atoms in total. The number of alkyl halides is 2. The lowest BCUT2D eigenvalue weighted by molar-refractivity contribution is -0.387. The third-order valence-corrected chi connectivity index (χ3v) is 1.81. The summed E-state index contributed by atoms with van der Waals surface area (Å²) < 4.78 is 24.7. The van der Waals surface area contributed by atoms with E-state index in [0.717, 1.165) is 0 Å². The molecule has 0 saturated carbocycles. The summed E-state index contributed by atoms with van der Waals surface area (Å²) in [4.78, 5) is 22.5. The predicted octanol–water partition coefficient (Wildman–Crippen LogP) is 0.679. The molecule has 1 heterocycles. The molecular weight excluding hydrogens is 212 g/mol. The summed E-state index contributed by atoms with van der Waals surface area (Å²) >= 11 is 0. The Morgan fingerprint density at radius 2 is 2.20 bits per heavy atom. The monoisotopic (exact) mass is 219 g/mol. The molecule has 1 aromatic rings. The molecule has 0 fully saturated rings. The van der Waals surface area contributed by atoms with Crippen molar-refractivity contribution in [1.29, 1.82) is 0 Å². The van der Waals surface area contributed by atoms with E-state index in [2.05, 4.69) is 0 Å². The molecule has 0 amide bonds. The number of nitrogens with two attached hydrogens (primary N) is 1. The van der Waals surface area contributed by atoms with E-state index < -0.39 is 40.3 Å². The molecule has 0 aliphatic carbocycles. The van der Waals surface area contributed by atoms with Gasteiger partial charge in [0.2, 0.25) is 0 Å². The van der Waals surface area contributed by atoms with E-state index in [1.807, 2.05) is 4.98 Å². The van der Waals surface area contributed by atoms with E-state index >= 15 is 0 Å². The first-order valence-corrected chi connectivity index (χ1v) is 3.86. The molecular formula is C7H7F2N3O3. The zero-order chi connectivity index (χ0) is 11.6. The molecule has 0 saturated heterocycles. The highest BCUT2D eigenvalue weighted by atomic mass is 19.3. The number of hydrogen-bond donors (Lipinski definition) is 2. The molecule has 1 rings (SSSR count). The van der Waals surface area contributed by atoms with Crippen LogP contribution in [0.25, 0.3) is 0 Å². The van der Waals surface area contributed by atoms with Crippen LogP contribution in [0.5, 0.6) is 0 Å². The van der Waals surface area contributed by atoms with Gasteiger partial charge in [-0.25, -0.2) is 8.78 Å². The Balaban J connectivity index is 3.56. The fourth-order valence-corrected chi connectivity index (χ4v) is 1.15. The van der Waals surface area contributed by atoms with Gasteiger partial charge in [-0.05, 0) is 0 Å². The van der Waals surface area contributed by atoms with Crippen molar-refractivity contribution in [1.82, 2.24) is 4.98 Å². The Morgan fingerprint density at radius 3 is 2.60 bits per heavy atom. The molecule has 0 bridgehead atoms. The molecule has 0 atom stereocenters. The van der Waals surface area contributed by atoms with Crippen molar-refractivity contribution in [2.24, 2.45) is 5.73 Å². The number of hydrogen-bond acceptors (Lipinski definition) is 4. The minimum atomic E-state index is -3.03. The van der Waals surface area contributed by atoms with Crippen LogP contribution in [0.1, 0.15) is 17.6 Å². The SMILES string of the molecule is NCc1c([N+](=O)[O-])c(C(F)F)c[nH]c1=O. The highest BCUT2D eigenvalue weighted by Gasteiger charge is 2.27. The summed E-state index contributed by atoms with van der Waals surface area (Å²) in [6.07, 6.45) is -2.41. The number of rotatable bonds is 3. The van der Waals surface area contributed by atoms with Gasteiger partial charge in [0.05, 0.1) is 4.92 Å². The van der Waals surface area contributed by atoms with Gasteiger partial charge in [-0.3, -0.25) is 14.9 Å². The normalized spacial score (nSPS) is 10.7. The van der Waals surface area contributed by atoms with Gasteiger partial charge >= 0.3 is 0 Å². The number of nitrogens with zero attached hydrogens (tertiary/aromatic N) is 1. The maximum absolute atomic E-state index is 12.4. The van der Waals surface area contributed by atoms with E-state index in [9.17, 15) is 23.7 Å². The Hall–Kier alpha value is -1.83. The van der Waals surface area contributed by atoms with Crippen LogP contribution in [0.2, 0.25) is 0 Å². The number of halogens is 2. The Kier molecular flexibility index (Phi) is 3.10. The Bertz CT molecular complexity index is 444. The van der Waals surface area contributed by atoms with Crippen LogP contribution in [0, 0.1) is 10.1 Å². The van der Waals surface area contributed by atoms with Gasteiger partial charge in [-0.15, -0.1) is 0 Å². The lowest BCUT2D eigenvalue weighted by atomic mass is 10.1. The van der Waals surface area contributed by atoms with Crippen molar-refractivity contribution >= 4 is 5.69 Å². The van der Waals surface area contributed by atoms with Gasteiger partial charge in [0.25, 0.3) is 17.7 Å². The smallest absolute Gasteiger partial charge is 0.289 e. The first-order chi connectivity index (χ1) is 6.99. The molecule has 0 aliphatic rings. The molecule has 8 heteroatoms. The zero-order valence-electron chi connectivity index (χ0n) is 7.37. The fourth-order valence-electron chi connectivity index (χ4n) is 1.15. The maximum atomic E-state index is 12.4. The number of aromatic nitrogens is 1. The fraction of sp³-hybridized carbons (Fsp3) is 0.286. The Morgan fingerprint density at radius 1 is 1.60 bits per heavy atom. The average molecular weight is 219 g/mol. The topological polar surface area (TPSA) is 102 Å². The van der Waals surface area contributed by atoms with Crippen molar-refractivity contribution in [2.75, 3.05) is 0 Å². The summed E-state index contributed by atoms with van der Waals surface area (Å²) in [5, 5.41) is 10.5. The lowest BCUT2D eigenvalue weighted by Crippen LogP contribution is -2.19. The van der Waals surface area contributed by atoms with E-state index in [4.69, 9.17) is 5.73 Å². The minimum absolute atomic E-state index is 0.446. The van der Waals surface area contributed by atoms with Gasteiger partial charge in [0, 0.05) is 12.7 Å². The van der Waals surface area contributed by atoms with Gasteiger partial charge in [0.1, 0.15) is 11.1 Å². The second-order valence-electron chi connectivity index (χ2n) is 2.66. The second kappa shape index (κ2) is 4.13. The van der Waals surface area contributed by atoms with Crippen LogP contribution in [0.4, 0.5) is 14.5 Å². The van der Waals surface area contributed by atoms with E-state index in [0.29, 0.717) is 6.20 Å². The van der Waals surface area contributed by atoms with Crippen LogP contribution in [-0.2, 0) is 6.54 Å². The summed E-state index contributed by atoms with van der Waals surface area (Å²) in [5.74, 6) is 0. The third-order valence-electron chi connectivity index (χ3n) is 1.81. The summed E-state index contributed by atoms with van der Waals surface area (Å²) in [5.41, 5.74) is 2.08. The lowest BCUT2D eigenvalue weighted by Gasteiger charge is -2.04. The number of H-pyrrole nitrogens is 1. The van der Waals surface area contributed by atoms with E-state index in [1.165, 1.54) is 0 Å². The molecule has 1 aromatic heterocycles. The molecule has 3 N–H and O–H groups in total. The molecule has 0 aliphatic heterocycles. The standard InChI is InChI=1S/C7H7F2N3O3/c8-6(9)4-2-11-7(13)3(1-10)5(4)12(14)15/h2,6H,1,10H2,(H,11,13). The van der Waals surface area contributed by atoms with Gasteiger partial charge in [-0.2, -0.15) is 0 Å². The van der Waals surface area contributed by atoms with Crippen LogP contribution < -0.4 is 11.3 Å². The van der Waals surface area contributed by atoms with Gasteiger partial charge in [0.15, 0.2) is 0 Å². The molecule has 0 spiro atoms. The second-order valence-corrected chi connectivity index (χ2v) is 2.66. The molecule has 0 unspecified atom stereocenters. The third kappa shape index (κ3) is 1.99. The van der Waals surface area contributed by atoms with Crippen molar-refractivity contribution in [2.45, 2.75) is 13.0 Å². The molecule has 0 radical (unpaired) electrons. The first kappa shape index (κ1) is 11.2. The number of nitro groups is 1. The molecule has 15 heavy (non-hydrogen) atoms. The maximum Gasteiger partial charge on any atom is 0.289 e. The number of nitrogens with one attached hydrogen (secondary N) is 1. The summed E-state index contributed by atoms with van der Waals surface area (Å²) in [7, 11) is 0. The van der Waals surface area contributed by atoms with Crippen LogP contribution in [0.15, 0.2) is 11.0 Å². The van der Waals surface area contributed by atoms with Crippen molar-refractivity contribution in [3.05, 3.63) is 37.8 Å². The molecule has 82 valence electrons. The van der Waals surface area contributed by atoms with Crippen LogP contribution in [-0.4, -0.2) is 9.91 Å². The quantitative estimate of drug-likeness (QED) is 0.576.